The Hall–Kier alpha value is -2.49. The van der Waals surface area contributed by atoms with Crippen molar-refractivity contribution in [2.75, 3.05) is 19.0 Å². The fraction of sp³-hybridized carbons (Fsp3) is 0.188. The predicted octanol–water partition coefficient (Wildman–Crippen LogP) is 3.94. The molecule has 1 aromatic heterocycles. The molecule has 0 bridgehead atoms. The van der Waals surface area contributed by atoms with Crippen molar-refractivity contribution in [3.63, 3.8) is 0 Å². The molecule has 2 aromatic carbocycles. The zero-order chi connectivity index (χ0) is 13.9. The maximum absolute atomic E-state index is 5.82. The highest BCUT2D eigenvalue weighted by atomic mass is 16.5. The molecule has 0 atom stereocenters. The Morgan fingerprint density at radius 2 is 1.95 bits per heavy atom. The van der Waals surface area contributed by atoms with Gasteiger partial charge in [0.05, 0.1) is 7.11 Å². The summed E-state index contributed by atoms with van der Waals surface area (Å²) in [5.41, 5.74) is 3.62. The van der Waals surface area contributed by atoms with Crippen LogP contribution in [0.25, 0.3) is 22.6 Å². The molecular formula is C16H16N2O2. The molecule has 0 radical (unpaired) electrons. The Morgan fingerprint density at radius 3 is 2.65 bits per heavy atom. The minimum absolute atomic E-state index is 0.622. The first-order valence-corrected chi connectivity index (χ1v) is 6.59. The highest BCUT2D eigenvalue weighted by molar-refractivity contribution is 5.79. The summed E-state index contributed by atoms with van der Waals surface area (Å²) in [5.74, 6) is 1.44. The summed E-state index contributed by atoms with van der Waals surface area (Å²) < 4.78 is 11.0. The van der Waals surface area contributed by atoms with Crippen molar-refractivity contribution >= 4 is 16.8 Å². The Morgan fingerprint density at radius 1 is 1.15 bits per heavy atom. The topological polar surface area (TPSA) is 47.3 Å². The lowest BCUT2D eigenvalue weighted by Crippen LogP contribution is -1.95. The van der Waals surface area contributed by atoms with E-state index in [2.05, 4.69) is 17.2 Å². The molecule has 4 nitrogen and oxygen atoms in total. The Kier molecular flexibility index (Phi) is 3.29. The van der Waals surface area contributed by atoms with Gasteiger partial charge in [-0.25, -0.2) is 4.98 Å². The number of hydrogen-bond donors (Lipinski definition) is 1. The van der Waals surface area contributed by atoms with E-state index < -0.39 is 0 Å². The molecule has 0 aliphatic heterocycles. The van der Waals surface area contributed by atoms with Gasteiger partial charge in [0.2, 0.25) is 5.89 Å². The lowest BCUT2D eigenvalue weighted by Gasteiger charge is -2.00. The fourth-order valence-corrected chi connectivity index (χ4v) is 2.10. The minimum Gasteiger partial charge on any atom is -0.497 e. The second-order valence-corrected chi connectivity index (χ2v) is 4.46. The first-order chi connectivity index (χ1) is 9.80. The molecule has 0 aliphatic carbocycles. The number of ether oxygens (including phenoxy) is 1. The first-order valence-electron chi connectivity index (χ1n) is 6.59. The molecule has 1 N–H and O–H groups in total. The largest absolute Gasteiger partial charge is 0.497 e. The molecule has 0 aliphatic rings. The molecular weight excluding hydrogens is 252 g/mol. The summed E-state index contributed by atoms with van der Waals surface area (Å²) in [7, 11) is 1.65. The lowest BCUT2D eigenvalue weighted by molar-refractivity contribution is 0.415. The van der Waals surface area contributed by atoms with Crippen molar-refractivity contribution in [3.05, 3.63) is 42.5 Å². The third-order valence-corrected chi connectivity index (χ3v) is 3.11. The van der Waals surface area contributed by atoms with Crippen molar-refractivity contribution < 1.29 is 9.15 Å². The molecule has 3 rings (SSSR count). The smallest absolute Gasteiger partial charge is 0.227 e. The molecule has 0 unspecified atom stereocenters. The summed E-state index contributed by atoms with van der Waals surface area (Å²) in [6, 6.07) is 13.6. The number of anilines is 1. The van der Waals surface area contributed by atoms with E-state index in [9.17, 15) is 0 Å². The average molecular weight is 268 g/mol. The number of aromatic nitrogens is 1. The lowest BCUT2D eigenvalue weighted by atomic mass is 10.2. The van der Waals surface area contributed by atoms with Crippen molar-refractivity contribution in [2.24, 2.45) is 0 Å². The van der Waals surface area contributed by atoms with Crippen molar-refractivity contribution in [1.29, 1.82) is 0 Å². The van der Waals surface area contributed by atoms with Gasteiger partial charge in [-0.2, -0.15) is 0 Å². The van der Waals surface area contributed by atoms with Crippen LogP contribution < -0.4 is 10.1 Å². The number of fused-ring (bicyclic) bond motifs is 1. The zero-order valence-electron chi connectivity index (χ0n) is 11.5. The molecule has 0 saturated carbocycles. The zero-order valence-corrected chi connectivity index (χ0v) is 11.5. The number of hydrogen-bond acceptors (Lipinski definition) is 4. The highest BCUT2D eigenvalue weighted by Gasteiger charge is 2.08. The summed E-state index contributed by atoms with van der Waals surface area (Å²) in [6.07, 6.45) is 0. The maximum atomic E-state index is 5.82. The van der Waals surface area contributed by atoms with E-state index in [0.717, 1.165) is 34.6 Å². The summed E-state index contributed by atoms with van der Waals surface area (Å²) in [5, 5.41) is 3.26. The van der Waals surface area contributed by atoms with Crippen LogP contribution in [0.2, 0.25) is 0 Å². The molecule has 20 heavy (non-hydrogen) atoms. The van der Waals surface area contributed by atoms with Gasteiger partial charge in [-0.05, 0) is 43.3 Å². The predicted molar refractivity (Wildman–Crippen MR) is 80.2 cm³/mol. The third-order valence-electron chi connectivity index (χ3n) is 3.11. The summed E-state index contributed by atoms with van der Waals surface area (Å²) in [6.45, 7) is 2.94. The molecule has 3 aromatic rings. The van der Waals surface area contributed by atoms with Crippen LogP contribution in [0.15, 0.2) is 46.9 Å². The van der Waals surface area contributed by atoms with E-state index in [-0.39, 0.29) is 0 Å². The molecule has 0 amide bonds. The van der Waals surface area contributed by atoms with E-state index in [1.807, 2.05) is 42.5 Å². The van der Waals surface area contributed by atoms with Gasteiger partial charge in [-0.3, -0.25) is 0 Å². The Bertz CT molecular complexity index is 717. The van der Waals surface area contributed by atoms with Crippen LogP contribution in [0, 0.1) is 0 Å². The van der Waals surface area contributed by atoms with Gasteiger partial charge in [0, 0.05) is 23.9 Å². The molecule has 1 heterocycles. The van der Waals surface area contributed by atoms with Crippen molar-refractivity contribution in [2.45, 2.75) is 6.92 Å². The molecule has 0 spiro atoms. The van der Waals surface area contributed by atoms with Crippen LogP contribution in [0.5, 0.6) is 5.75 Å². The highest BCUT2D eigenvalue weighted by Crippen LogP contribution is 2.27. The molecule has 102 valence electrons. The van der Waals surface area contributed by atoms with Gasteiger partial charge >= 0.3 is 0 Å². The quantitative estimate of drug-likeness (QED) is 0.778. The van der Waals surface area contributed by atoms with Crippen LogP contribution in [0.4, 0.5) is 5.69 Å². The Balaban J connectivity index is 1.98. The standard InChI is InChI=1S/C16H16N2O2/c1-3-17-12-6-9-14-15(10-12)20-16(18-14)11-4-7-13(19-2)8-5-11/h4-10,17H,3H2,1-2H3. The SMILES string of the molecule is CCNc1ccc2nc(-c3ccc(OC)cc3)oc2c1. The Labute approximate surface area is 117 Å². The fourth-order valence-electron chi connectivity index (χ4n) is 2.10. The van der Waals surface area contributed by atoms with Gasteiger partial charge in [0.15, 0.2) is 5.58 Å². The first kappa shape index (κ1) is 12.5. The van der Waals surface area contributed by atoms with E-state index >= 15 is 0 Å². The minimum atomic E-state index is 0.622. The van der Waals surface area contributed by atoms with Crippen molar-refractivity contribution in [1.82, 2.24) is 4.98 Å². The van der Waals surface area contributed by atoms with E-state index in [4.69, 9.17) is 9.15 Å². The number of nitrogens with zero attached hydrogens (tertiary/aromatic N) is 1. The van der Waals surface area contributed by atoms with E-state index in [1.165, 1.54) is 0 Å². The second-order valence-electron chi connectivity index (χ2n) is 4.46. The number of methoxy groups -OCH3 is 1. The van der Waals surface area contributed by atoms with Crippen LogP contribution >= 0.6 is 0 Å². The number of rotatable bonds is 4. The molecule has 4 heteroatoms. The van der Waals surface area contributed by atoms with Crippen molar-refractivity contribution in [3.8, 4) is 17.2 Å². The number of nitrogens with one attached hydrogen (secondary N) is 1. The van der Waals surface area contributed by atoms with Crippen LogP contribution in [-0.2, 0) is 0 Å². The summed E-state index contributed by atoms with van der Waals surface area (Å²) in [4.78, 5) is 4.50. The normalized spacial score (nSPS) is 10.7. The average Bonchev–Trinajstić information content (AvgIpc) is 2.91. The van der Waals surface area contributed by atoms with Gasteiger partial charge in [-0.1, -0.05) is 0 Å². The number of benzene rings is 2. The number of oxazole rings is 1. The van der Waals surface area contributed by atoms with Crippen LogP contribution in [-0.4, -0.2) is 18.6 Å². The van der Waals surface area contributed by atoms with Gasteiger partial charge in [0.1, 0.15) is 11.3 Å². The summed E-state index contributed by atoms with van der Waals surface area (Å²) >= 11 is 0. The van der Waals surface area contributed by atoms with Crippen LogP contribution in [0.3, 0.4) is 0 Å². The third kappa shape index (κ3) is 2.32. The van der Waals surface area contributed by atoms with Gasteiger partial charge in [0.25, 0.3) is 0 Å². The van der Waals surface area contributed by atoms with E-state index in [1.54, 1.807) is 7.11 Å². The second kappa shape index (κ2) is 5.25. The van der Waals surface area contributed by atoms with Gasteiger partial charge in [-0.15, -0.1) is 0 Å². The molecule has 0 fully saturated rings. The van der Waals surface area contributed by atoms with E-state index in [0.29, 0.717) is 5.89 Å². The monoisotopic (exact) mass is 268 g/mol. The van der Waals surface area contributed by atoms with Crippen LogP contribution in [0.1, 0.15) is 6.92 Å². The maximum Gasteiger partial charge on any atom is 0.227 e. The van der Waals surface area contributed by atoms with Gasteiger partial charge < -0.3 is 14.5 Å². The molecule has 0 saturated heterocycles.